The van der Waals surface area contributed by atoms with Crippen molar-refractivity contribution in [2.24, 2.45) is 0 Å². The minimum Gasteiger partial charge on any atom is -0.481 e. The molecule has 1 aliphatic heterocycles. The molecule has 0 spiro atoms. The SMILES string of the molecule is C[C@@H](Oc1cccc(C(C)(C)C)c1)C(=O)N1CCN(C(=O)c2ccc3nc[nH]c3c2)CC1. The van der Waals surface area contributed by atoms with Crippen LogP contribution in [-0.2, 0) is 10.2 Å². The first-order valence-corrected chi connectivity index (χ1v) is 11.0. The number of hydrogen-bond donors (Lipinski definition) is 1. The molecule has 0 saturated carbocycles. The molecule has 4 rings (SSSR count). The van der Waals surface area contributed by atoms with E-state index in [0.717, 1.165) is 16.6 Å². The summed E-state index contributed by atoms with van der Waals surface area (Å²) in [5.41, 5.74) is 3.47. The van der Waals surface area contributed by atoms with Gasteiger partial charge in [-0.3, -0.25) is 9.59 Å². The number of nitrogens with one attached hydrogen (secondary N) is 1. The van der Waals surface area contributed by atoms with Crippen molar-refractivity contribution in [2.75, 3.05) is 26.2 Å². The Labute approximate surface area is 188 Å². The van der Waals surface area contributed by atoms with Crippen molar-refractivity contribution >= 4 is 22.8 Å². The highest BCUT2D eigenvalue weighted by Gasteiger charge is 2.28. The molecule has 0 unspecified atom stereocenters. The molecular weight excluding hydrogens is 404 g/mol. The molecule has 2 amide bonds. The Morgan fingerprint density at radius 2 is 1.75 bits per heavy atom. The Morgan fingerprint density at radius 1 is 1.03 bits per heavy atom. The minimum absolute atomic E-state index is 0.0113. The van der Waals surface area contributed by atoms with Crippen LogP contribution in [0.5, 0.6) is 5.75 Å². The molecule has 3 aromatic rings. The number of rotatable bonds is 4. The van der Waals surface area contributed by atoms with Crippen molar-refractivity contribution in [3.05, 3.63) is 59.9 Å². The molecule has 2 aromatic carbocycles. The van der Waals surface area contributed by atoms with E-state index in [2.05, 4.69) is 36.8 Å². The summed E-state index contributed by atoms with van der Waals surface area (Å²) < 4.78 is 5.96. The van der Waals surface area contributed by atoms with Crippen LogP contribution in [0.3, 0.4) is 0 Å². The molecular formula is C25H30N4O3. The molecule has 0 radical (unpaired) electrons. The van der Waals surface area contributed by atoms with E-state index < -0.39 is 6.10 Å². The predicted molar refractivity (Wildman–Crippen MR) is 124 cm³/mol. The number of ether oxygens (including phenoxy) is 1. The van der Waals surface area contributed by atoms with E-state index in [1.54, 1.807) is 29.1 Å². The number of piperazine rings is 1. The summed E-state index contributed by atoms with van der Waals surface area (Å²) in [5, 5.41) is 0. The van der Waals surface area contributed by atoms with Gasteiger partial charge in [0, 0.05) is 31.7 Å². The first-order chi connectivity index (χ1) is 15.2. The van der Waals surface area contributed by atoms with Gasteiger partial charge in [0.05, 0.1) is 17.4 Å². The van der Waals surface area contributed by atoms with Gasteiger partial charge in [0.2, 0.25) is 0 Å². The normalized spacial score (nSPS) is 15.6. The lowest BCUT2D eigenvalue weighted by molar-refractivity contribution is -0.139. The van der Waals surface area contributed by atoms with Gasteiger partial charge in [0.1, 0.15) is 5.75 Å². The molecule has 1 aromatic heterocycles. The van der Waals surface area contributed by atoms with Gasteiger partial charge in [-0.25, -0.2) is 4.98 Å². The van der Waals surface area contributed by atoms with Crippen molar-refractivity contribution in [3.63, 3.8) is 0 Å². The van der Waals surface area contributed by atoms with Crippen molar-refractivity contribution in [3.8, 4) is 5.75 Å². The van der Waals surface area contributed by atoms with Crippen molar-refractivity contribution in [1.82, 2.24) is 19.8 Å². The van der Waals surface area contributed by atoms with Gasteiger partial charge >= 0.3 is 0 Å². The number of H-pyrrole nitrogens is 1. The van der Waals surface area contributed by atoms with Crippen LogP contribution in [0.2, 0.25) is 0 Å². The number of amides is 2. The number of nitrogens with zero attached hydrogens (tertiary/aromatic N) is 3. The molecule has 1 fully saturated rings. The fraction of sp³-hybridized carbons (Fsp3) is 0.400. The molecule has 2 heterocycles. The minimum atomic E-state index is -0.588. The highest BCUT2D eigenvalue weighted by molar-refractivity contribution is 5.97. The number of benzene rings is 2. The van der Waals surface area contributed by atoms with E-state index >= 15 is 0 Å². The van der Waals surface area contributed by atoms with Crippen LogP contribution in [0, 0.1) is 0 Å². The van der Waals surface area contributed by atoms with Gasteiger partial charge in [-0.05, 0) is 48.2 Å². The van der Waals surface area contributed by atoms with Gasteiger partial charge in [0.25, 0.3) is 11.8 Å². The third kappa shape index (κ3) is 4.61. The maximum absolute atomic E-state index is 12.9. The van der Waals surface area contributed by atoms with Gasteiger partial charge in [0.15, 0.2) is 6.10 Å². The second kappa shape index (κ2) is 8.65. The zero-order chi connectivity index (χ0) is 22.9. The Morgan fingerprint density at radius 3 is 2.47 bits per heavy atom. The van der Waals surface area contributed by atoms with E-state index in [9.17, 15) is 9.59 Å². The zero-order valence-electron chi connectivity index (χ0n) is 19.1. The van der Waals surface area contributed by atoms with Crippen LogP contribution in [-0.4, -0.2) is 63.9 Å². The quantitative estimate of drug-likeness (QED) is 0.680. The molecule has 7 nitrogen and oxygen atoms in total. The Kier molecular flexibility index (Phi) is 5.91. The van der Waals surface area contributed by atoms with E-state index in [1.807, 2.05) is 30.3 Å². The molecule has 32 heavy (non-hydrogen) atoms. The standard InChI is InChI=1S/C25H30N4O3/c1-17(32-20-7-5-6-19(15-20)25(2,3)4)23(30)28-10-12-29(13-11-28)24(31)18-8-9-21-22(14-18)27-16-26-21/h5-9,14-17H,10-13H2,1-4H3,(H,26,27)/t17-/m1/s1. The van der Waals surface area contributed by atoms with Gasteiger partial charge in [-0.15, -0.1) is 0 Å². The lowest BCUT2D eigenvalue weighted by atomic mass is 9.87. The van der Waals surface area contributed by atoms with E-state index in [4.69, 9.17) is 4.74 Å². The number of carbonyl (C=O) groups excluding carboxylic acids is 2. The number of fused-ring (bicyclic) bond motifs is 1. The highest BCUT2D eigenvalue weighted by Crippen LogP contribution is 2.26. The summed E-state index contributed by atoms with van der Waals surface area (Å²) >= 11 is 0. The van der Waals surface area contributed by atoms with Crippen LogP contribution >= 0.6 is 0 Å². The van der Waals surface area contributed by atoms with Crippen molar-refractivity contribution < 1.29 is 14.3 Å². The Bertz CT molecular complexity index is 1120. The van der Waals surface area contributed by atoms with Gasteiger partial charge < -0.3 is 19.5 Å². The summed E-state index contributed by atoms with van der Waals surface area (Å²) in [7, 11) is 0. The molecule has 1 atom stereocenters. The number of imidazole rings is 1. The fourth-order valence-electron chi connectivity index (χ4n) is 3.93. The van der Waals surface area contributed by atoms with E-state index in [1.165, 1.54) is 0 Å². The molecule has 0 aliphatic carbocycles. The summed E-state index contributed by atoms with van der Waals surface area (Å²) in [6, 6.07) is 13.4. The van der Waals surface area contributed by atoms with Crippen LogP contribution in [0.1, 0.15) is 43.6 Å². The van der Waals surface area contributed by atoms with Crippen molar-refractivity contribution in [1.29, 1.82) is 0 Å². The number of hydrogen-bond acceptors (Lipinski definition) is 4. The fourth-order valence-corrected chi connectivity index (χ4v) is 3.93. The van der Waals surface area contributed by atoms with Crippen molar-refractivity contribution in [2.45, 2.75) is 39.2 Å². The molecule has 1 N–H and O–H groups in total. The van der Waals surface area contributed by atoms with Crippen LogP contribution in [0.15, 0.2) is 48.8 Å². The van der Waals surface area contributed by atoms with Gasteiger partial charge in [-0.2, -0.15) is 0 Å². The van der Waals surface area contributed by atoms with E-state index in [-0.39, 0.29) is 17.2 Å². The molecule has 168 valence electrons. The zero-order valence-corrected chi connectivity index (χ0v) is 19.1. The van der Waals surface area contributed by atoms with E-state index in [0.29, 0.717) is 37.5 Å². The predicted octanol–water partition coefficient (Wildman–Crippen LogP) is 3.61. The van der Waals surface area contributed by atoms with Gasteiger partial charge in [-0.1, -0.05) is 32.9 Å². The Hall–Kier alpha value is -3.35. The van der Waals surface area contributed by atoms with Crippen LogP contribution in [0.25, 0.3) is 11.0 Å². The lowest BCUT2D eigenvalue weighted by Gasteiger charge is -2.36. The lowest BCUT2D eigenvalue weighted by Crippen LogP contribution is -2.53. The third-order valence-electron chi connectivity index (χ3n) is 5.91. The maximum atomic E-state index is 12.9. The molecule has 1 aliphatic rings. The smallest absolute Gasteiger partial charge is 0.263 e. The summed E-state index contributed by atoms with van der Waals surface area (Å²) in [6.45, 7) is 10.2. The highest BCUT2D eigenvalue weighted by atomic mass is 16.5. The Balaban J connectivity index is 1.34. The first-order valence-electron chi connectivity index (χ1n) is 11.0. The van der Waals surface area contributed by atoms with Crippen LogP contribution in [0.4, 0.5) is 0 Å². The number of carbonyl (C=O) groups is 2. The largest absolute Gasteiger partial charge is 0.481 e. The average molecular weight is 435 g/mol. The topological polar surface area (TPSA) is 78.5 Å². The summed E-state index contributed by atoms with van der Waals surface area (Å²) in [5.74, 6) is 0.607. The third-order valence-corrected chi connectivity index (χ3v) is 5.91. The van der Waals surface area contributed by atoms with Crippen LogP contribution < -0.4 is 4.74 Å². The second-order valence-electron chi connectivity index (χ2n) is 9.29. The maximum Gasteiger partial charge on any atom is 0.263 e. The summed E-state index contributed by atoms with van der Waals surface area (Å²) in [6.07, 6.45) is 1.03. The first kappa shape index (κ1) is 21.9. The second-order valence-corrected chi connectivity index (χ2v) is 9.29. The monoisotopic (exact) mass is 434 g/mol. The number of aromatic amines is 1. The summed E-state index contributed by atoms with van der Waals surface area (Å²) in [4.78, 5) is 36.6. The molecule has 1 saturated heterocycles. The molecule has 0 bridgehead atoms. The molecule has 7 heteroatoms. The average Bonchev–Trinajstić information content (AvgIpc) is 3.26. The number of aromatic nitrogens is 2.